The van der Waals surface area contributed by atoms with Crippen LogP contribution >= 0.6 is 0 Å². The predicted octanol–water partition coefficient (Wildman–Crippen LogP) is 4.13. The Labute approximate surface area is 158 Å². The number of hydrogen-bond acceptors (Lipinski definition) is 3. The maximum atomic E-state index is 13.7. The average molecular weight is 363 g/mol. The summed E-state index contributed by atoms with van der Waals surface area (Å²) in [7, 11) is 0. The molecule has 1 fully saturated rings. The standard InChI is InChI=1S/C22H22FN3O/c23-20-8-4-5-9-21(20)25-16-19(15-24)22(27)26-12-10-18(11-13-26)14-17-6-2-1-3-7-17/h1-9,16,18,25H,10-14H2/b19-16-. The van der Waals surface area contributed by atoms with E-state index in [1.54, 1.807) is 23.1 Å². The minimum Gasteiger partial charge on any atom is -0.358 e. The van der Waals surface area contributed by atoms with E-state index < -0.39 is 5.82 Å². The van der Waals surface area contributed by atoms with Gasteiger partial charge in [0.2, 0.25) is 0 Å². The third-order valence-electron chi connectivity index (χ3n) is 4.87. The minimum absolute atomic E-state index is 0.0141. The van der Waals surface area contributed by atoms with Crippen molar-refractivity contribution in [2.75, 3.05) is 18.4 Å². The first-order chi connectivity index (χ1) is 13.2. The zero-order valence-electron chi connectivity index (χ0n) is 15.1. The number of likely N-dealkylation sites (tertiary alicyclic amines) is 1. The lowest BCUT2D eigenvalue weighted by Crippen LogP contribution is -2.39. The van der Waals surface area contributed by atoms with Crippen LogP contribution < -0.4 is 5.32 Å². The highest BCUT2D eigenvalue weighted by atomic mass is 19.1. The normalized spacial score (nSPS) is 15.3. The topological polar surface area (TPSA) is 56.1 Å². The largest absolute Gasteiger partial charge is 0.358 e. The van der Waals surface area contributed by atoms with E-state index in [1.807, 2.05) is 24.3 Å². The van der Waals surface area contributed by atoms with Gasteiger partial charge in [0.1, 0.15) is 17.5 Å². The fourth-order valence-electron chi connectivity index (χ4n) is 3.33. The highest BCUT2D eigenvalue weighted by molar-refractivity contribution is 5.97. The first kappa shape index (κ1) is 18.7. The monoisotopic (exact) mass is 363 g/mol. The van der Waals surface area contributed by atoms with Crippen LogP contribution in [0.1, 0.15) is 18.4 Å². The summed E-state index contributed by atoms with van der Waals surface area (Å²) < 4.78 is 13.7. The fourth-order valence-corrected chi connectivity index (χ4v) is 3.33. The molecule has 1 N–H and O–H groups in total. The lowest BCUT2D eigenvalue weighted by atomic mass is 9.90. The molecule has 0 aliphatic carbocycles. The van der Waals surface area contributed by atoms with Crippen LogP contribution in [0.25, 0.3) is 0 Å². The average Bonchev–Trinajstić information content (AvgIpc) is 2.71. The Hall–Kier alpha value is -3.13. The number of benzene rings is 2. The lowest BCUT2D eigenvalue weighted by molar-refractivity contribution is -0.128. The van der Waals surface area contributed by atoms with Gasteiger partial charge in [-0.3, -0.25) is 4.79 Å². The van der Waals surface area contributed by atoms with E-state index >= 15 is 0 Å². The van der Waals surface area contributed by atoms with Crippen LogP contribution in [-0.2, 0) is 11.2 Å². The summed E-state index contributed by atoms with van der Waals surface area (Å²) in [6.07, 6.45) is 4.13. The Morgan fingerprint density at radius 1 is 1.15 bits per heavy atom. The van der Waals surface area contributed by atoms with Crippen LogP contribution in [0.5, 0.6) is 0 Å². The van der Waals surface area contributed by atoms with Crippen LogP contribution in [0.15, 0.2) is 66.4 Å². The molecule has 2 aromatic carbocycles. The Morgan fingerprint density at radius 2 is 1.81 bits per heavy atom. The van der Waals surface area contributed by atoms with E-state index in [9.17, 15) is 14.4 Å². The summed E-state index contributed by atoms with van der Waals surface area (Å²) in [6.45, 7) is 1.27. The summed E-state index contributed by atoms with van der Waals surface area (Å²) in [5, 5.41) is 12.0. The second-order valence-corrected chi connectivity index (χ2v) is 6.72. The smallest absolute Gasteiger partial charge is 0.266 e. The number of nitrogens with one attached hydrogen (secondary N) is 1. The van der Waals surface area contributed by atoms with Gasteiger partial charge in [-0.05, 0) is 42.9 Å². The molecule has 27 heavy (non-hydrogen) atoms. The molecule has 138 valence electrons. The van der Waals surface area contributed by atoms with Crippen LogP contribution in [0, 0.1) is 23.1 Å². The maximum Gasteiger partial charge on any atom is 0.266 e. The van der Waals surface area contributed by atoms with Gasteiger partial charge in [-0.1, -0.05) is 42.5 Å². The van der Waals surface area contributed by atoms with Gasteiger partial charge in [0, 0.05) is 19.3 Å². The zero-order chi connectivity index (χ0) is 19.1. The number of rotatable bonds is 5. The second-order valence-electron chi connectivity index (χ2n) is 6.72. The molecule has 0 unspecified atom stereocenters. The molecular weight excluding hydrogens is 341 g/mol. The summed E-state index contributed by atoms with van der Waals surface area (Å²) in [6, 6.07) is 18.4. The first-order valence-corrected chi connectivity index (χ1v) is 9.12. The summed E-state index contributed by atoms with van der Waals surface area (Å²) in [4.78, 5) is 14.3. The van der Waals surface area contributed by atoms with E-state index in [1.165, 1.54) is 17.8 Å². The van der Waals surface area contributed by atoms with Crippen LogP contribution in [0.4, 0.5) is 10.1 Å². The Balaban J connectivity index is 1.56. The van der Waals surface area contributed by atoms with Crippen molar-refractivity contribution in [1.82, 2.24) is 4.90 Å². The number of anilines is 1. The summed E-state index contributed by atoms with van der Waals surface area (Å²) in [5.74, 6) is -0.192. The van der Waals surface area contributed by atoms with Crippen molar-refractivity contribution >= 4 is 11.6 Å². The number of halogens is 1. The first-order valence-electron chi connectivity index (χ1n) is 9.12. The van der Waals surface area contributed by atoms with Crippen LogP contribution in [0.2, 0.25) is 0 Å². The Bertz CT molecular complexity index is 849. The third-order valence-corrected chi connectivity index (χ3v) is 4.87. The molecule has 0 saturated carbocycles. The Morgan fingerprint density at radius 3 is 2.48 bits per heavy atom. The van der Waals surface area contributed by atoms with Gasteiger partial charge in [-0.15, -0.1) is 0 Å². The van der Waals surface area contributed by atoms with Gasteiger partial charge in [0.25, 0.3) is 5.91 Å². The molecule has 3 rings (SSSR count). The van der Waals surface area contributed by atoms with Gasteiger partial charge in [0.15, 0.2) is 0 Å². The van der Waals surface area contributed by atoms with Crippen LogP contribution in [-0.4, -0.2) is 23.9 Å². The SMILES string of the molecule is N#C/C(=C/Nc1ccccc1F)C(=O)N1CCC(Cc2ccccc2)CC1. The van der Waals surface area contributed by atoms with Crippen LogP contribution in [0.3, 0.4) is 0 Å². The quantitative estimate of drug-likeness (QED) is 0.642. The number of hydrogen-bond donors (Lipinski definition) is 1. The second kappa shape index (κ2) is 9.00. The Kier molecular flexibility index (Phi) is 6.22. The van der Waals surface area contributed by atoms with Crippen molar-refractivity contribution in [3.8, 4) is 6.07 Å². The minimum atomic E-state index is -0.430. The van der Waals surface area contributed by atoms with Gasteiger partial charge in [0.05, 0.1) is 5.69 Å². The predicted molar refractivity (Wildman–Crippen MR) is 103 cm³/mol. The molecular formula is C22H22FN3O. The molecule has 1 amide bonds. The molecule has 0 spiro atoms. The van der Waals surface area contributed by atoms with E-state index in [-0.39, 0.29) is 17.2 Å². The van der Waals surface area contributed by atoms with E-state index in [4.69, 9.17) is 0 Å². The van der Waals surface area contributed by atoms with Crippen molar-refractivity contribution in [3.05, 3.63) is 77.8 Å². The van der Waals surface area contributed by atoms with Crippen molar-refractivity contribution in [2.24, 2.45) is 5.92 Å². The van der Waals surface area contributed by atoms with Gasteiger partial charge in [-0.2, -0.15) is 5.26 Å². The number of carbonyl (C=O) groups is 1. The number of nitrogens with zero attached hydrogens (tertiary/aromatic N) is 2. The number of nitriles is 1. The van der Waals surface area contributed by atoms with Gasteiger partial charge < -0.3 is 10.2 Å². The number of piperidine rings is 1. The van der Waals surface area contributed by atoms with E-state index in [0.29, 0.717) is 19.0 Å². The third kappa shape index (κ3) is 4.95. The number of amides is 1. The van der Waals surface area contributed by atoms with Crippen molar-refractivity contribution in [3.63, 3.8) is 0 Å². The molecule has 5 heteroatoms. The summed E-state index contributed by atoms with van der Waals surface area (Å²) >= 11 is 0. The molecule has 1 heterocycles. The molecule has 4 nitrogen and oxygen atoms in total. The van der Waals surface area contributed by atoms with Crippen molar-refractivity contribution < 1.29 is 9.18 Å². The van der Waals surface area contributed by atoms with Crippen molar-refractivity contribution in [2.45, 2.75) is 19.3 Å². The number of para-hydroxylation sites is 1. The molecule has 1 aliphatic rings. The van der Waals surface area contributed by atoms with Gasteiger partial charge >= 0.3 is 0 Å². The van der Waals surface area contributed by atoms with Crippen molar-refractivity contribution in [1.29, 1.82) is 5.26 Å². The molecule has 0 radical (unpaired) electrons. The zero-order valence-corrected chi connectivity index (χ0v) is 15.1. The highest BCUT2D eigenvalue weighted by Crippen LogP contribution is 2.23. The molecule has 0 atom stereocenters. The molecule has 1 saturated heterocycles. The number of carbonyl (C=O) groups excluding carboxylic acids is 1. The fraction of sp³-hybridized carbons (Fsp3) is 0.273. The summed E-state index contributed by atoms with van der Waals surface area (Å²) in [5.41, 5.74) is 1.54. The van der Waals surface area contributed by atoms with Gasteiger partial charge in [-0.25, -0.2) is 4.39 Å². The van der Waals surface area contributed by atoms with E-state index in [0.717, 1.165) is 19.3 Å². The lowest BCUT2D eigenvalue weighted by Gasteiger charge is -2.32. The highest BCUT2D eigenvalue weighted by Gasteiger charge is 2.25. The molecule has 0 aromatic heterocycles. The van der Waals surface area contributed by atoms with E-state index in [2.05, 4.69) is 17.4 Å². The maximum absolute atomic E-state index is 13.7. The molecule has 1 aliphatic heterocycles. The molecule has 2 aromatic rings. The molecule has 0 bridgehead atoms.